The molecule has 0 fully saturated rings. The molecule has 0 aliphatic carbocycles. The van der Waals surface area contributed by atoms with Gasteiger partial charge in [0.05, 0.1) is 18.9 Å². The van der Waals surface area contributed by atoms with Crippen LogP contribution in [-0.4, -0.2) is 37.5 Å². The molecule has 0 atom stereocenters. The van der Waals surface area contributed by atoms with E-state index < -0.39 is 11.8 Å². The van der Waals surface area contributed by atoms with Crippen LogP contribution in [0.2, 0.25) is 0 Å². The molecular weight excluding hydrogens is 319 g/mol. The van der Waals surface area contributed by atoms with Crippen molar-refractivity contribution in [3.05, 3.63) is 28.5 Å². The van der Waals surface area contributed by atoms with E-state index in [4.69, 9.17) is 9.84 Å². The number of amides is 2. The smallest absolute Gasteiger partial charge is 0.319 e. The Morgan fingerprint density at radius 2 is 2.21 bits per heavy atom. The summed E-state index contributed by atoms with van der Waals surface area (Å²) in [5.41, 5.74) is 0.122. The quantitative estimate of drug-likeness (QED) is 0.669. The van der Waals surface area contributed by atoms with Gasteiger partial charge in [-0.05, 0) is 24.6 Å². The molecule has 0 bridgehead atoms. The lowest BCUT2D eigenvalue weighted by Gasteiger charge is -2.08. The number of aliphatic hydroxyl groups excluding tert-OH is 1. The van der Waals surface area contributed by atoms with Crippen LogP contribution in [0, 0.1) is 5.82 Å². The fourth-order valence-electron chi connectivity index (χ4n) is 1.30. The molecule has 0 aliphatic rings. The van der Waals surface area contributed by atoms with E-state index in [1.54, 1.807) is 6.07 Å². The van der Waals surface area contributed by atoms with Gasteiger partial charge in [-0.1, -0.05) is 15.9 Å². The lowest BCUT2D eigenvalue weighted by molar-refractivity contribution is 0.0910. The van der Waals surface area contributed by atoms with Crippen molar-refractivity contribution in [3.63, 3.8) is 0 Å². The van der Waals surface area contributed by atoms with Crippen molar-refractivity contribution in [2.45, 2.75) is 6.42 Å². The summed E-state index contributed by atoms with van der Waals surface area (Å²) in [4.78, 5) is 11.5. The number of carbonyl (C=O) groups is 1. The van der Waals surface area contributed by atoms with Crippen LogP contribution < -0.4 is 10.6 Å². The summed E-state index contributed by atoms with van der Waals surface area (Å²) in [5.74, 6) is -0.504. The van der Waals surface area contributed by atoms with Gasteiger partial charge in [0.2, 0.25) is 0 Å². The zero-order valence-electron chi connectivity index (χ0n) is 10.3. The van der Waals surface area contributed by atoms with Gasteiger partial charge < -0.3 is 20.5 Å². The molecule has 0 radical (unpaired) electrons. The second-order valence-corrected chi connectivity index (χ2v) is 4.61. The normalized spacial score (nSPS) is 10.3. The zero-order valence-corrected chi connectivity index (χ0v) is 11.9. The van der Waals surface area contributed by atoms with Crippen molar-refractivity contribution in [3.8, 4) is 0 Å². The van der Waals surface area contributed by atoms with Gasteiger partial charge in [0.25, 0.3) is 0 Å². The van der Waals surface area contributed by atoms with Gasteiger partial charge >= 0.3 is 6.03 Å². The number of urea groups is 1. The van der Waals surface area contributed by atoms with Crippen molar-refractivity contribution in [1.82, 2.24) is 5.32 Å². The van der Waals surface area contributed by atoms with Crippen molar-refractivity contribution in [1.29, 1.82) is 0 Å². The number of aliphatic hydroxyl groups is 1. The number of anilines is 1. The number of hydrogen-bond acceptors (Lipinski definition) is 3. The van der Waals surface area contributed by atoms with E-state index in [1.807, 2.05) is 0 Å². The molecule has 1 rings (SSSR count). The predicted molar refractivity (Wildman–Crippen MR) is 73.6 cm³/mol. The maximum absolute atomic E-state index is 13.4. The molecule has 1 aromatic rings. The third kappa shape index (κ3) is 6.51. The molecule has 0 spiro atoms. The molecule has 0 heterocycles. The zero-order chi connectivity index (χ0) is 14.1. The summed E-state index contributed by atoms with van der Waals surface area (Å²) in [7, 11) is 0. The fourth-order valence-corrected chi connectivity index (χ4v) is 1.63. The highest BCUT2D eigenvalue weighted by atomic mass is 79.9. The van der Waals surface area contributed by atoms with Crippen molar-refractivity contribution in [2.75, 3.05) is 31.7 Å². The van der Waals surface area contributed by atoms with E-state index >= 15 is 0 Å². The molecule has 0 unspecified atom stereocenters. The van der Waals surface area contributed by atoms with Gasteiger partial charge in [-0.15, -0.1) is 0 Å². The Kier molecular flexibility index (Phi) is 7.39. The van der Waals surface area contributed by atoms with Crippen LogP contribution in [0.5, 0.6) is 0 Å². The molecule has 2 amide bonds. The second-order valence-electron chi connectivity index (χ2n) is 3.69. The van der Waals surface area contributed by atoms with Crippen LogP contribution in [0.1, 0.15) is 6.42 Å². The molecule has 19 heavy (non-hydrogen) atoms. The first-order valence-corrected chi connectivity index (χ1v) is 6.61. The highest BCUT2D eigenvalue weighted by molar-refractivity contribution is 9.10. The highest BCUT2D eigenvalue weighted by Crippen LogP contribution is 2.18. The lowest BCUT2D eigenvalue weighted by atomic mass is 10.3. The number of benzene rings is 1. The van der Waals surface area contributed by atoms with Gasteiger partial charge in [-0.3, -0.25) is 0 Å². The maximum atomic E-state index is 13.4. The molecule has 3 N–H and O–H groups in total. The van der Waals surface area contributed by atoms with Crippen molar-refractivity contribution >= 4 is 27.6 Å². The lowest BCUT2D eigenvalue weighted by Crippen LogP contribution is -2.30. The maximum Gasteiger partial charge on any atom is 0.319 e. The summed E-state index contributed by atoms with van der Waals surface area (Å²) in [6.07, 6.45) is 0.621. The molecule has 5 nitrogen and oxygen atoms in total. The Labute approximate surface area is 119 Å². The van der Waals surface area contributed by atoms with E-state index in [-0.39, 0.29) is 18.9 Å². The van der Waals surface area contributed by atoms with Gasteiger partial charge in [0.15, 0.2) is 0 Å². The average Bonchev–Trinajstić information content (AvgIpc) is 2.37. The SMILES string of the molecule is O=C(NCCCOCCO)Nc1ccc(Br)cc1F. The molecule has 0 aliphatic heterocycles. The molecule has 106 valence electrons. The van der Waals surface area contributed by atoms with Crippen LogP contribution in [0.3, 0.4) is 0 Å². The molecule has 0 aromatic heterocycles. The minimum atomic E-state index is -0.504. The summed E-state index contributed by atoms with van der Waals surface area (Å²) in [5, 5.41) is 13.5. The van der Waals surface area contributed by atoms with Crippen LogP contribution in [0.25, 0.3) is 0 Å². The van der Waals surface area contributed by atoms with Crippen LogP contribution >= 0.6 is 15.9 Å². The number of carbonyl (C=O) groups excluding carboxylic acids is 1. The van der Waals surface area contributed by atoms with Gasteiger partial charge in [0.1, 0.15) is 5.82 Å². The van der Waals surface area contributed by atoms with Crippen molar-refractivity contribution in [2.24, 2.45) is 0 Å². The van der Waals surface area contributed by atoms with Crippen LogP contribution in [0.15, 0.2) is 22.7 Å². The summed E-state index contributed by atoms with van der Waals surface area (Å²) in [6, 6.07) is 3.92. The Morgan fingerprint density at radius 1 is 1.42 bits per heavy atom. The van der Waals surface area contributed by atoms with Gasteiger partial charge in [-0.25, -0.2) is 9.18 Å². The summed E-state index contributed by atoms with van der Waals surface area (Å²) < 4.78 is 19.1. The summed E-state index contributed by atoms with van der Waals surface area (Å²) >= 11 is 3.13. The molecule has 0 saturated heterocycles. The van der Waals surface area contributed by atoms with Crippen LogP contribution in [0.4, 0.5) is 14.9 Å². The standard InChI is InChI=1S/C12H16BrFN2O3/c13-9-2-3-11(10(14)8-9)16-12(18)15-4-1-6-19-7-5-17/h2-3,8,17H,1,4-7H2,(H2,15,16,18). The Hall–Kier alpha value is -1.18. The second kappa shape index (κ2) is 8.84. The molecule has 7 heteroatoms. The number of halogens is 2. The Bertz CT molecular complexity index is 418. The largest absolute Gasteiger partial charge is 0.394 e. The van der Waals surface area contributed by atoms with Crippen LogP contribution in [-0.2, 0) is 4.74 Å². The Morgan fingerprint density at radius 3 is 2.89 bits per heavy atom. The third-order valence-electron chi connectivity index (χ3n) is 2.17. The first kappa shape index (κ1) is 15.9. The molecule has 1 aromatic carbocycles. The number of nitrogens with one attached hydrogen (secondary N) is 2. The minimum Gasteiger partial charge on any atom is -0.394 e. The Balaban J connectivity index is 2.23. The van der Waals surface area contributed by atoms with E-state index in [0.717, 1.165) is 0 Å². The number of rotatable bonds is 7. The minimum absolute atomic E-state index is 0.0171. The number of ether oxygens (including phenoxy) is 1. The topological polar surface area (TPSA) is 70.6 Å². The number of hydrogen-bond donors (Lipinski definition) is 3. The van der Waals surface area contributed by atoms with Gasteiger partial charge in [-0.2, -0.15) is 0 Å². The first-order valence-electron chi connectivity index (χ1n) is 5.82. The average molecular weight is 335 g/mol. The predicted octanol–water partition coefficient (Wildman–Crippen LogP) is 2.11. The monoisotopic (exact) mass is 334 g/mol. The molecular formula is C12H16BrFN2O3. The highest BCUT2D eigenvalue weighted by Gasteiger charge is 2.06. The van der Waals surface area contributed by atoms with Crippen molar-refractivity contribution < 1.29 is 19.0 Å². The van der Waals surface area contributed by atoms with E-state index in [9.17, 15) is 9.18 Å². The summed E-state index contributed by atoms with van der Waals surface area (Å²) in [6.45, 7) is 1.13. The fraction of sp³-hybridized carbons (Fsp3) is 0.417. The third-order valence-corrected chi connectivity index (χ3v) is 2.66. The first-order chi connectivity index (χ1) is 9.13. The van der Waals surface area contributed by atoms with Gasteiger partial charge in [0, 0.05) is 17.6 Å². The van der Waals surface area contributed by atoms with E-state index in [0.29, 0.717) is 24.0 Å². The molecule has 0 saturated carbocycles. The van der Waals surface area contributed by atoms with E-state index in [2.05, 4.69) is 26.6 Å². The van der Waals surface area contributed by atoms with E-state index in [1.165, 1.54) is 12.1 Å².